The first kappa shape index (κ1) is 18.6. The summed E-state index contributed by atoms with van der Waals surface area (Å²) in [7, 11) is 0. The molecular formula is C18H35NO2. The van der Waals surface area contributed by atoms with E-state index in [1.54, 1.807) is 6.92 Å². The number of hydrogen-bond acceptors (Lipinski definition) is 3. The van der Waals surface area contributed by atoms with Crippen LogP contribution >= 0.6 is 0 Å². The van der Waals surface area contributed by atoms with Gasteiger partial charge in [0.2, 0.25) is 0 Å². The van der Waals surface area contributed by atoms with Crippen molar-refractivity contribution in [3.63, 3.8) is 0 Å². The molecule has 0 aromatic heterocycles. The van der Waals surface area contributed by atoms with Crippen LogP contribution in [0, 0.1) is 0 Å². The van der Waals surface area contributed by atoms with E-state index in [0.29, 0.717) is 11.8 Å². The summed E-state index contributed by atoms with van der Waals surface area (Å²) in [5, 5.41) is 13.2. The van der Waals surface area contributed by atoms with Crippen molar-refractivity contribution in [2.45, 2.75) is 109 Å². The van der Waals surface area contributed by atoms with Gasteiger partial charge in [-0.05, 0) is 39.5 Å². The molecule has 0 aromatic rings. The van der Waals surface area contributed by atoms with Gasteiger partial charge in [0.05, 0.1) is 6.10 Å². The number of aliphatic hydroxyl groups is 1. The Morgan fingerprint density at radius 2 is 1.57 bits per heavy atom. The summed E-state index contributed by atoms with van der Waals surface area (Å²) in [5.41, 5.74) is 0. The fourth-order valence-corrected chi connectivity index (χ4v) is 3.24. The zero-order valence-corrected chi connectivity index (χ0v) is 14.1. The predicted octanol–water partition coefficient (Wildman–Crippen LogP) is 3.98. The summed E-state index contributed by atoms with van der Waals surface area (Å²) in [6, 6.07) is 0.883. The number of ketones is 1. The minimum atomic E-state index is -0.149. The number of aliphatic hydroxyl groups excluding tert-OH is 1. The number of Topliss-reactive ketones (excluding diaryl/α,β-unsaturated/α-hetero) is 1. The molecule has 0 aliphatic carbocycles. The van der Waals surface area contributed by atoms with Gasteiger partial charge in [-0.3, -0.25) is 0 Å². The standard InChI is InChI=1S/C18H35NO2/c1-15(20)11-9-7-5-3-4-6-8-10-12-17-13-14-18(21)16(2)19-17/h16-19,21H,3-14H2,1-2H3/t16-,17+,18-/m1/s1. The number of rotatable bonds is 11. The fraction of sp³-hybridized carbons (Fsp3) is 0.944. The topological polar surface area (TPSA) is 49.3 Å². The molecule has 21 heavy (non-hydrogen) atoms. The van der Waals surface area contributed by atoms with Crippen molar-refractivity contribution in [1.82, 2.24) is 5.32 Å². The number of piperidine rings is 1. The summed E-state index contributed by atoms with van der Waals surface area (Å²) in [4.78, 5) is 10.8. The summed E-state index contributed by atoms with van der Waals surface area (Å²) < 4.78 is 0. The maximum absolute atomic E-state index is 10.8. The minimum Gasteiger partial charge on any atom is -0.392 e. The molecule has 0 amide bonds. The first-order valence-electron chi connectivity index (χ1n) is 9.03. The van der Waals surface area contributed by atoms with Crippen molar-refractivity contribution in [2.24, 2.45) is 0 Å². The molecule has 1 heterocycles. The Morgan fingerprint density at radius 3 is 2.14 bits per heavy atom. The average molecular weight is 297 g/mol. The second-order valence-electron chi connectivity index (χ2n) is 6.87. The highest BCUT2D eigenvalue weighted by atomic mass is 16.3. The molecule has 0 radical (unpaired) electrons. The normalized spacial score (nSPS) is 26.0. The zero-order chi connectivity index (χ0) is 15.5. The number of hydrogen-bond donors (Lipinski definition) is 2. The molecule has 0 unspecified atom stereocenters. The lowest BCUT2D eigenvalue weighted by atomic mass is 9.93. The van der Waals surface area contributed by atoms with E-state index < -0.39 is 0 Å². The molecule has 0 saturated carbocycles. The monoisotopic (exact) mass is 297 g/mol. The van der Waals surface area contributed by atoms with Crippen LogP contribution in [0.2, 0.25) is 0 Å². The molecule has 0 aromatic carbocycles. The first-order valence-corrected chi connectivity index (χ1v) is 9.03. The number of nitrogens with one attached hydrogen (secondary N) is 1. The Labute approximate surface area is 130 Å². The Hall–Kier alpha value is -0.410. The van der Waals surface area contributed by atoms with Crippen LogP contribution in [0.25, 0.3) is 0 Å². The van der Waals surface area contributed by atoms with E-state index in [-0.39, 0.29) is 12.1 Å². The summed E-state index contributed by atoms with van der Waals surface area (Å²) >= 11 is 0. The molecule has 0 bridgehead atoms. The third-order valence-corrected chi connectivity index (χ3v) is 4.72. The van der Waals surface area contributed by atoms with E-state index in [4.69, 9.17) is 0 Å². The molecule has 1 fully saturated rings. The highest BCUT2D eigenvalue weighted by Gasteiger charge is 2.24. The molecular weight excluding hydrogens is 262 g/mol. The van der Waals surface area contributed by atoms with E-state index in [2.05, 4.69) is 12.2 Å². The predicted molar refractivity (Wildman–Crippen MR) is 88.5 cm³/mol. The third-order valence-electron chi connectivity index (χ3n) is 4.72. The highest BCUT2D eigenvalue weighted by molar-refractivity contribution is 5.75. The Kier molecular flexibility index (Phi) is 9.94. The van der Waals surface area contributed by atoms with Crippen LogP contribution < -0.4 is 5.32 Å². The Morgan fingerprint density at radius 1 is 1.00 bits per heavy atom. The van der Waals surface area contributed by atoms with Gasteiger partial charge in [-0.1, -0.05) is 44.9 Å². The maximum Gasteiger partial charge on any atom is 0.129 e. The lowest BCUT2D eigenvalue weighted by Crippen LogP contribution is -2.48. The van der Waals surface area contributed by atoms with Crippen molar-refractivity contribution in [1.29, 1.82) is 0 Å². The average Bonchev–Trinajstić information content (AvgIpc) is 2.44. The molecule has 0 spiro atoms. The lowest BCUT2D eigenvalue weighted by molar-refractivity contribution is -0.117. The van der Waals surface area contributed by atoms with Crippen molar-refractivity contribution in [2.75, 3.05) is 0 Å². The van der Waals surface area contributed by atoms with Crippen LogP contribution in [0.3, 0.4) is 0 Å². The number of carbonyl (C=O) groups is 1. The second kappa shape index (κ2) is 11.2. The molecule has 3 heteroatoms. The van der Waals surface area contributed by atoms with Gasteiger partial charge >= 0.3 is 0 Å². The van der Waals surface area contributed by atoms with Gasteiger partial charge in [0, 0.05) is 18.5 Å². The van der Waals surface area contributed by atoms with E-state index >= 15 is 0 Å². The summed E-state index contributed by atoms with van der Waals surface area (Å²) in [6.07, 6.45) is 14.2. The molecule has 3 atom stereocenters. The minimum absolute atomic E-state index is 0.149. The lowest BCUT2D eigenvalue weighted by Gasteiger charge is -2.32. The smallest absolute Gasteiger partial charge is 0.129 e. The van der Waals surface area contributed by atoms with E-state index in [0.717, 1.165) is 25.7 Å². The van der Waals surface area contributed by atoms with Gasteiger partial charge in [-0.25, -0.2) is 0 Å². The number of carbonyl (C=O) groups excluding carboxylic acids is 1. The molecule has 1 saturated heterocycles. The molecule has 2 N–H and O–H groups in total. The van der Waals surface area contributed by atoms with Crippen molar-refractivity contribution < 1.29 is 9.90 Å². The van der Waals surface area contributed by atoms with E-state index in [1.807, 2.05) is 0 Å². The van der Waals surface area contributed by atoms with Crippen LogP contribution in [0.5, 0.6) is 0 Å². The van der Waals surface area contributed by atoms with E-state index in [9.17, 15) is 9.90 Å². The van der Waals surface area contributed by atoms with Crippen LogP contribution in [0.4, 0.5) is 0 Å². The summed E-state index contributed by atoms with van der Waals surface area (Å²) in [6.45, 7) is 3.77. The van der Waals surface area contributed by atoms with Gasteiger partial charge in [0.1, 0.15) is 5.78 Å². The van der Waals surface area contributed by atoms with E-state index in [1.165, 1.54) is 51.4 Å². The molecule has 3 nitrogen and oxygen atoms in total. The Bertz CT molecular complexity index is 280. The van der Waals surface area contributed by atoms with Crippen LogP contribution in [-0.4, -0.2) is 29.1 Å². The summed E-state index contributed by atoms with van der Waals surface area (Å²) in [5.74, 6) is 0.327. The molecule has 1 aliphatic rings. The fourth-order valence-electron chi connectivity index (χ4n) is 3.24. The highest BCUT2D eigenvalue weighted by Crippen LogP contribution is 2.18. The quantitative estimate of drug-likeness (QED) is 0.567. The molecule has 1 aliphatic heterocycles. The second-order valence-corrected chi connectivity index (χ2v) is 6.87. The van der Waals surface area contributed by atoms with Crippen LogP contribution in [0.1, 0.15) is 90.9 Å². The zero-order valence-electron chi connectivity index (χ0n) is 14.1. The number of unbranched alkanes of at least 4 members (excludes halogenated alkanes) is 7. The van der Waals surface area contributed by atoms with Gasteiger partial charge in [-0.2, -0.15) is 0 Å². The SMILES string of the molecule is CC(=O)CCCCCCCCCC[C@H]1CC[C@@H](O)[C@@H](C)N1. The van der Waals surface area contributed by atoms with Gasteiger partial charge < -0.3 is 15.2 Å². The maximum atomic E-state index is 10.8. The molecule has 124 valence electrons. The Balaban J connectivity index is 1.83. The van der Waals surface area contributed by atoms with Crippen LogP contribution in [0.15, 0.2) is 0 Å². The molecule has 1 rings (SSSR count). The largest absolute Gasteiger partial charge is 0.392 e. The van der Waals surface area contributed by atoms with Gasteiger partial charge in [-0.15, -0.1) is 0 Å². The third kappa shape index (κ3) is 9.26. The van der Waals surface area contributed by atoms with Crippen molar-refractivity contribution >= 4 is 5.78 Å². The van der Waals surface area contributed by atoms with Crippen molar-refractivity contribution in [3.8, 4) is 0 Å². The first-order chi connectivity index (χ1) is 10.1. The van der Waals surface area contributed by atoms with Gasteiger partial charge in [0.15, 0.2) is 0 Å². The van der Waals surface area contributed by atoms with Gasteiger partial charge in [0.25, 0.3) is 0 Å². The van der Waals surface area contributed by atoms with Crippen LogP contribution in [-0.2, 0) is 4.79 Å². The van der Waals surface area contributed by atoms with Crippen molar-refractivity contribution in [3.05, 3.63) is 0 Å².